The second kappa shape index (κ2) is 56.5. The van der Waals surface area contributed by atoms with Gasteiger partial charge < -0.3 is 66.7 Å². The molecule has 18 aromatic rings. The number of aromatic carboxylic acids is 1. The van der Waals surface area contributed by atoms with Crippen molar-refractivity contribution in [3.63, 3.8) is 0 Å². The summed E-state index contributed by atoms with van der Waals surface area (Å²) in [5.74, 6) is 2.63. The van der Waals surface area contributed by atoms with Gasteiger partial charge in [0.1, 0.15) is 17.2 Å². The lowest BCUT2D eigenvalue weighted by molar-refractivity contribution is 0.0695. The summed E-state index contributed by atoms with van der Waals surface area (Å²) >= 11 is 22.1. The van der Waals surface area contributed by atoms with E-state index in [1.54, 1.807) is 178 Å². The Labute approximate surface area is 846 Å². The number of thioether (sulfide) groups is 4. The number of aromatic hydroxyl groups is 3. The molecular formula is C104H109B2BrFN13O9S7. The molecule has 0 aliphatic heterocycles. The van der Waals surface area contributed by atoms with E-state index >= 15 is 0 Å². The summed E-state index contributed by atoms with van der Waals surface area (Å²) in [5.41, 5.74) is 31.6. The topological polar surface area (TPSA) is 363 Å². The van der Waals surface area contributed by atoms with Crippen LogP contribution >= 0.6 is 100 Å². The molecule has 0 bridgehead atoms. The van der Waals surface area contributed by atoms with Crippen LogP contribution in [0.2, 0.25) is 13.6 Å². The van der Waals surface area contributed by atoms with Gasteiger partial charge >= 0.3 is 5.97 Å². The van der Waals surface area contributed by atoms with Gasteiger partial charge in [0.05, 0.1) is 86.3 Å². The number of nitrogens with zero attached hydrogens (tertiary/aromatic N) is 4. The van der Waals surface area contributed by atoms with Crippen LogP contribution in [0, 0.1) is 39.4 Å². The summed E-state index contributed by atoms with van der Waals surface area (Å²) in [6.45, 7) is 16.4. The number of nitrogens with one attached hydrogen (secondary N) is 8. The average molecular weight is 2040 g/mol. The van der Waals surface area contributed by atoms with E-state index in [0.29, 0.717) is 50.0 Å². The molecule has 0 unspecified atom stereocenters. The molecule has 22 nitrogen and oxygen atoms in total. The number of hydrogen-bond acceptors (Lipinski definition) is 20. The van der Waals surface area contributed by atoms with Crippen molar-refractivity contribution in [3.05, 3.63) is 373 Å². The number of fused-ring (bicyclic) bond motifs is 5. The van der Waals surface area contributed by atoms with Crippen molar-refractivity contribution in [1.82, 2.24) is 49.8 Å². The number of hydrogen-bond donors (Lipinski definition) is 15. The standard InChI is InChI=1S/2C22H19N3O2S.C17H16N2OS.C16H14N2O2S.C9H9BrO.C8H8N2S.C6H7NO.2CH5BS.CH3F.CH4/c2*1-14-6-11-17-19(12-14)25-22(24-17)28-13-15-7-9-16(10-8-15)21(27)23-18-4-2-3-5-20(18)26;1-11-3-8-15-16(9-11)19-17(18-15)21-10-13-4-6-14(7-5-13)12(2)20;1-10-2-7-13-14(8-10)18-16(17-13)21-9-11-3-5-12(6-4-11)15(19)20;1-7(11)9-4-2-8(6-10)3-5-9;1-5-2-3-6-7(4-5)10-8(11)9-6;7-5-3-1-2-4-6(5)8;2*1-2-3;1-2;/h2*2-12,26H,13H2,1H3,(H,23,27)(H,24,25);3-9H,10H2,1-2H3,(H,18,19);2-8H,9H2,1H3,(H,17,18)(H,19,20);2-5H,6H2,1H3;2-4H,1H3,(H2,9,10,11);1-4,8H,7H2;2*2-3H,1H3;1H3;1H4/i;;;;;;;2*2D;1D;/hT2. The SMILES string of the molecule is C.CC(=O)c1ccc(CBr)cc1.CC(=O)c1ccc(CSc2nc3ccc(C)cc3[nH]2)cc1.Cc1ccc2[nH]c(=S)[nH]c2c1.Cc1ccc2nc(SCc3ccc(C(=O)Nc4ccccc4O)cc3)[nH]c2c1.Cc1ccc2nc(SCc3ccc(C(=O)O)cc3)[nH]c2c1.[2H]B(C)S.[2H]B(C)S.[2H]CF.[3H]Oc1ccccc1N.[3H]Oc1ccccc1NC(=O)c1ccc(CSc2nc3ccc(C)cc3[nH]2)cc1. The van der Waals surface area contributed by atoms with Crippen LogP contribution < -0.4 is 16.4 Å². The smallest absolute Gasteiger partial charge is 0.335 e. The van der Waals surface area contributed by atoms with Crippen LogP contribution in [0.15, 0.2) is 306 Å². The van der Waals surface area contributed by atoms with Gasteiger partial charge in [-0.2, -0.15) is 0 Å². The molecule has 0 radical (unpaired) electrons. The summed E-state index contributed by atoms with van der Waals surface area (Å²) in [7, 11) is -1.00. The number of benzene rings is 13. The van der Waals surface area contributed by atoms with Crippen molar-refractivity contribution in [1.29, 1.82) is 5.53 Å². The fourth-order valence-corrected chi connectivity index (χ4v) is 16.3. The number of H-pyrrole nitrogens is 6. The van der Waals surface area contributed by atoms with Crippen LogP contribution in [0.1, 0.15) is 130 Å². The minimum Gasteiger partial charge on any atom is -0.506 e. The van der Waals surface area contributed by atoms with Crippen molar-refractivity contribution < 1.29 is 50.2 Å². The molecule has 706 valence electrons. The molecule has 0 fully saturated rings. The number of alkyl halides is 2. The normalized spacial score (nSPS) is 10.6. The number of para-hydroxylation sites is 6. The van der Waals surface area contributed by atoms with E-state index in [4.69, 9.17) is 30.0 Å². The van der Waals surface area contributed by atoms with Crippen LogP contribution in [0.5, 0.6) is 17.2 Å². The number of aryl methyl sites for hydroxylation is 5. The van der Waals surface area contributed by atoms with Crippen LogP contribution in [0.4, 0.5) is 21.5 Å². The first kappa shape index (κ1) is 101. The van der Waals surface area contributed by atoms with Crippen LogP contribution in [0.3, 0.4) is 0 Å². The largest absolute Gasteiger partial charge is 0.506 e. The molecule has 13 aromatic carbocycles. The number of halogens is 2. The number of rotatable bonds is 22. The first-order valence-electron chi connectivity index (χ1n) is 44.8. The maximum absolute atomic E-state index is 12.5. The van der Waals surface area contributed by atoms with Gasteiger partial charge in [-0.25, -0.2) is 49.7 Å². The summed E-state index contributed by atoms with van der Waals surface area (Å²) < 4.78 is 42.6. The number of ketones is 2. The lowest BCUT2D eigenvalue weighted by Gasteiger charge is -2.07. The van der Waals surface area contributed by atoms with Crippen molar-refractivity contribution in [2.45, 2.75) is 119 Å². The monoisotopic (exact) mass is 2030 g/mol. The maximum Gasteiger partial charge on any atom is 0.335 e. The highest BCUT2D eigenvalue weighted by molar-refractivity contribution is 9.08. The number of carbonyl (C=O) groups is 5. The third-order valence-electron chi connectivity index (χ3n) is 19.4. The van der Waals surface area contributed by atoms with E-state index in [-0.39, 0.29) is 49.6 Å². The zero-order valence-electron chi connectivity index (χ0n) is 80.8. The highest BCUT2D eigenvalue weighted by atomic mass is 79.9. The number of thiol groups is 2. The van der Waals surface area contributed by atoms with Crippen molar-refractivity contribution in [2.75, 3.05) is 23.5 Å². The van der Waals surface area contributed by atoms with E-state index in [1.807, 2.05) is 121 Å². The molecule has 0 aliphatic carbocycles. The summed E-state index contributed by atoms with van der Waals surface area (Å²) in [6, 6.07) is 88.3. The minimum absolute atomic E-state index is 0. The summed E-state index contributed by atoms with van der Waals surface area (Å²) in [6.07, 6.45) is 0. The number of nitrogens with two attached hydrogens (primary N) is 1. The number of aromatic nitrogens is 10. The van der Waals surface area contributed by atoms with E-state index in [2.05, 4.69) is 201 Å². The van der Waals surface area contributed by atoms with E-state index in [0.717, 1.165) is 132 Å². The van der Waals surface area contributed by atoms with Gasteiger partial charge in [0.15, 0.2) is 50.0 Å². The van der Waals surface area contributed by atoms with Gasteiger partial charge in [0.2, 0.25) is 0 Å². The molecule has 2 amide bonds. The molecule has 0 saturated heterocycles. The van der Waals surface area contributed by atoms with Gasteiger partial charge in [-0.15, -0.1) is 0 Å². The molecule has 0 atom stereocenters. The summed E-state index contributed by atoms with van der Waals surface area (Å²) in [4.78, 5) is 95.3. The van der Waals surface area contributed by atoms with Gasteiger partial charge in [0.25, 0.3) is 14.7 Å². The first-order valence-corrected chi connectivity index (χ1v) is 48.6. The number of imidazole rings is 5. The van der Waals surface area contributed by atoms with Gasteiger partial charge in [-0.1, -0.05) is 236 Å². The average Bonchev–Trinajstić information content (AvgIpc) is 1.70. The fraction of sp³-hybridized carbons (Fsp3) is 0.154. The third kappa shape index (κ3) is 35.6. The predicted molar refractivity (Wildman–Crippen MR) is 584 cm³/mol. The molecule has 33 heteroatoms. The Morgan fingerprint density at radius 1 is 0.431 bits per heavy atom. The van der Waals surface area contributed by atoms with E-state index in [1.165, 1.54) is 45.0 Å². The summed E-state index contributed by atoms with van der Waals surface area (Å²) in [5, 5.41) is 37.2. The zero-order valence-corrected chi connectivity index (χ0v) is 83.3. The Morgan fingerprint density at radius 2 is 0.708 bits per heavy atom. The van der Waals surface area contributed by atoms with Gasteiger partial charge in [-0.3, -0.25) is 23.6 Å². The Kier molecular flexibility index (Phi) is 41.9. The lowest BCUT2D eigenvalue weighted by Crippen LogP contribution is -2.11. The quantitative estimate of drug-likeness (QED) is 0.00438. The molecule has 0 spiro atoms. The Hall–Kier alpha value is -13.0. The lowest BCUT2D eigenvalue weighted by atomic mass is 10.1. The molecule has 0 aliphatic rings. The number of Topliss-reactive ketones (excluding diaryl/α,β-unsaturated/α-hetero) is 2. The number of aromatic amines is 6. The van der Waals surface area contributed by atoms with Crippen LogP contribution in [-0.4, -0.2) is 125 Å². The number of amides is 2. The highest BCUT2D eigenvalue weighted by Gasteiger charge is 2.15. The van der Waals surface area contributed by atoms with Crippen LogP contribution in [-0.2, 0) is 28.3 Å². The number of carboxylic acids is 1. The number of phenols is 3. The second-order valence-corrected chi connectivity index (χ2v) is 35.9. The van der Waals surface area contributed by atoms with E-state index in [9.17, 15) is 33.5 Å². The third-order valence-corrected chi connectivity index (χ3v) is 24.0. The Balaban J connectivity index is 0.000000205. The number of phenolic OH excluding ortho intramolecular Hbond substituents is 3. The molecule has 0 saturated carbocycles. The number of anilines is 3. The van der Waals surface area contributed by atoms with Crippen LogP contribution in [0.25, 0.3) is 55.2 Å². The molecule has 137 heavy (non-hydrogen) atoms. The predicted octanol–water partition coefficient (Wildman–Crippen LogP) is 26.6. The Morgan fingerprint density at radius 3 is 1.02 bits per heavy atom. The number of carbonyl (C=O) groups excluding carboxylic acids is 4. The van der Waals surface area contributed by atoms with E-state index < -0.39 is 13.1 Å². The Bertz CT molecular complexity index is 7030. The molecule has 5 heterocycles. The fourth-order valence-electron chi connectivity index (χ4n) is 12.4. The van der Waals surface area contributed by atoms with Crippen molar-refractivity contribution in [3.8, 4) is 17.2 Å². The van der Waals surface area contributed by atoms with Crippen molar-refractivity contribution in [2.24, 2.45) is 0 Å². The van der Waals surface area contributed by atoms with Crippen molar-refractivity contribution >= 4 is 215 Å². The maximum atomic E-state index is 12.5. The minimum atomic E-state index is -1.00. The molecule has 18 rings (SSSR count). The van der Waals surface area contributed by atoms with Gasteiger partial charge in [0, 0.05) is 50.6 Å². The first-order chi connectivity index (χ1) is 67.6. The zero-order chi connectivity index (χ0) is 102. The highest BCUT2D eigenvalue weighted by Crippen LogP contribution is 2.31. The second-order valence-electron chi connectivity index (χ2n) is 30.0. The van der Waals surface area contributed by atoms with Gasteiger partial charge in [-0.05, 0) is 252 Å². The molecule has 5 aromatic heterocycles. The molecular weight excluding hydrogens is 1920 g/mol. The number of nitrogen functional groups attached to an aromatic ring is 1. The number of carboxylic acid groups (broad SMARTS) is 1. The molecule has 14 N–H and O–H groups in total.